The van der Waals surface area contributed by atoms with E-state index in [9.17, 15) is 0 Å². The van der Waals surface area contributed by atoms with Gasteiger partial charge in [0.1, 0.15) is 5.76 Å². The maximum absolute atomic E-state index is 6.55. The van der Waals surface area contributed by atoms with E-state index in [0.717, 1.165) is 65.8 Å². The van der Waals surface area contributed by atoms with Crippen LogP contribution in [0.25, 0.3) is 11.0 Å². The quantitative estimate of drug-likeness (QED) is 0.944. The molecule has 0 amide bonds. The van der Waals surface area contributed by atoms with Crippen LogP contribution in [0.3, 0.4) is 0 Å². The second kappa shape index (κ2) is 5.64. The van der Waals surface area contributed by atoms with E-state index in [-0.39, 0.29) is 0 Å². The lowest BCUT2D eigenvalue weighted by atomic mass is 10.1. The molecule has 1 aliphatic heterocycles. The van der Waals surface area contributed by atoms with Crippen LogP contribution in [0.1, 0.15) is 11.3 Å². The third-order valence-electron chi connectivity index (χ3n) is 3.73. The molecular formula is C15H19ClN2O2. The third-order valence-corrected chi connectivity index (χ3v) is 4.17. The number of methoxy groups -OCH3 is 1. The molecule has 5 heteroatoms. The maximum atomic E-state index is 6.55. The Morgan fingerprint density at radius 1 is 1.35 bits per heavy atom. The zero-order chi connectivity index (χ0) is 14.1. The fraction of sp³-hybridized carbons (Fsp3) is 0.467. The minimum Gasteiger partial charge on any atom is -0.493 e. The topological polar surface area (TPSA) is 37.6 Å². The van der Waals surface area contributed by atoms with Crippen LogP contribution in [0.4, 0.5) is 0 Å². The molecule has 0 bridgehead atoms. The maximum Gasteiger partial charge on any atom is 0.177 e. The Hall–Kier alpha value is -1.23. The highest BCUT2D eigenvalue weighted by Gasteiger charge is 2.18. The first-order chi connectivity index (χ1) is 9.69. The average molecular weight is 295 g/mol. The van der Waals surface area contributed by atoms with Crippen LogP contribution in [-0.4, -0.2) is 38.2 Å². The molecule has 4 nitrogen and oxygen atoms in total. The van der Waals surface area contributed by atoms with Crippen molar-refractivity contribution < 1.29 is 9.15 Å². The van der Waals surface area contributed by atoms with Crippen LogP contribution in [0, 0.1) is 6.92 Å². The molecule has 20 heavy (non-hydrogen) atoms. The zero-order valence-electron chi connectivity index (χ0n) is 11.8. The van der Waals surface area contributed by atoms with Gasteiger partial charge in [-0.05, 0) is 24.6 Å². The highest BCUT2D eigenvalue weighted by atomic mass is 35.5. The van der Waals surface area contributed by atoms with Crippen molar-refractivity contribution in [3.8, 4) is 5.75 Å². The molecule has 1 aromatic heterocycles. The molecule has 0 atom stereocenters. The van der Waals surface area contributed by atoms with E-state index < -0.39 is 0 Å². The van der Waals surface area contributed by atoms with Crippen molar-refractivity contribution in [2.45, 2.75) is 13.5 Å². The number of furan rings is 1. The summed E-state index contributed by atoms with van der Waals surface area (Å²) in [7, 11) is 1.66. The molecule has 1 aliphatic rings. The molecule has 1 N–H and O–H groups in total. The van der Waals surface area contributed by atoms with Crippen molar-refractivity contribution in [3.05, 3.63) is 28.5 Å². The molecule has 0 radical (unpaired) electrons. The van der Waals surface area contributed by atoms with Gasteiger partial charge in [0, 0.05) is 38.1 Å². The van der Waals surface area contributed by atoms with E-state index in [1.165, 1.54) is 0 Å². The van der Waals surface area contributed by atoms with Gasteiger partial charge >= 0.3 is 0 Å². The van der Waals surface area contributed by atoms with E-state index in [1.54, 1.807) is 7.11 Å². The third kappa shape index (κ3) is 2.51. The van der Waals surface area contributed by atoms with Crippen LogP contribution < -0.4 is 10.1 Å². The number of piperazine rings is 1. The summed E-state index contributed by atoms with van der Waals surface area (Å²) in [5.41, 5.74) is 1.83. The van der Waals surface area contributed by atoms with Crippen molar-refractivity contribution in [1.82, 2.24) is 10.2 Å². The number of nitrogens with zero attached hydrogens (tertiary/aromatic N) is 1. The van der Waals surface area contributed by atoms with Gasteiger partial charge in [-0.15, -0.1) is 0 Å². The van der Waals surface area contributed by atoms with Crippen molar-refractivity contribution in [1.29, 1.82) is 0 Å². The van der Waals surface area contributed by atoms with Gasteiger partial charge in [-0.25, -0.2) is 0 Å². The molecule has 1 fully saturated rings. The lowest BCUT2D eigenvalue weighted by Gasteiger charge is -2.27. The van der Waals surface area contributed by atoms with Gasteiger partial charge in [0.2, 0.25) is 0 Å². The predicted molar refractivity (Wildman–Crippen MR) is 80.7 cm³/mol. The van der Waals surface area contributed by atoms with Crippen LogP contribution in [-0.2, 0) is 6.54 Å². The molecule has 3 rings (SSSR count). The SMILES string of the molecule is COc1cc(CN2CCNCC2)c(Cl)c2cc(C)oc12. The smallest absolute Gasteiger partial charge is 0.177 e. The number of nitrogens with one attached hydrogen (secondary N) is 1. The van der Waals surface area contributed by atoms with E-state index in [4.69, 9.17) is 20.8 Å². The predicted octanol–water partition coefficient (Wildman–Crippen LogP) is 2.81. The molecule has 108 valence electrons. The normalized spacial score (nSPS) is 16.8. The van der Waals surface area contributed by atoms with Gasteiger partial charge < -0.3 is 14.5 Å². The van der Waals surface area contributed by atoms with Gasteiger partial charge in [-0.1, -0.05) is 11.6 Å². The van der Waals surface area contributed by atoms with Gasteiger partial charge in [-0.2, -0.15) is 0 Å². The number of rotatable bonds is 3. The van der Waals surface area contributed by atoms with Gasteiger partial charge in [0.25, 0.3) is 0 Å². The second-order valence-electron chi connectivity index (χ2n) is 5.18. The standard InChI is InChI=1S/C15H19ClN2O2/c1-10-7-12-14(16)11(8-13(19-2)15(12)20-10)9-18-5-3-17-4-6-18/h7-8,17H,3-6,9H2,1-2H3. The van der Waals surface area contributed by atoms with Gasteiger partial charge in [0.15, 0.2) is 11.3 Å². The summed E-state index contributed by atoms with van der Waals surface area (Å²) in [6.45, 7) is 6.91. The molecule has 1 aromatic carbocycles. The van der Waals surface area contributed by atoms with Gasteiger partial charge in [0.05, 0.1) is 12.1 Å². The summed E-state index contributed by atoms with van der Waals surface area (Å²) in [6, 6.07) is 3.97. The van der Waals surface area contributed by atoms with Crippen LogP contribution in [0.2, 0.25) is 5.02 Å². The van der Waals surface area contributed by atoms with Crippen molar-refractivity contribution in [2.75, 3.05) is 33.3 Å². The zero-order valence-corrected chi connectivity index (χ0v) is 12.6. The first kappa shape index (κ1) is 13.7. The number of benzene rings is 1. The number of fused-ring (bicyclic) bond motifs is 1. The Kier molecular flexibility index (Phi) is 3.87. The summed E-state index contributed by atoms with van der Waals surface area (Å²) in [5.74, 6) is 1.60. The molecule has 2 heterocycles. The average Bonchev–Trinajstić information content (AvgIpc) is 2.85. The molecule has 2 aromatic rings. The molecule has 0 aliphatic carbocycles. The fourth-order valence-electron chi connectivity index (χ4n) is 2.70. The number of ether oxygens (including phenoxy) is 1. The highest BCUT2D eigenvalue weighted by Crippen LogP contribution is 2.37. The van der Waals surface area contributed by atoms with E-state index in [2.05, 4.69) is 10.2 Å². The largest absolute Gasteiger partial charge is 0.493 e. The summed E-state index contributed by atoms with van der Waals surface area (Å²) in [4.78, 5) is 2.40. The minimum absolute atomic E-state index is 0.735. The Morgan fingerprint density at radius 2 is 2.10 bits per heavy atom. The molecule has 0 spiro atoms. The number of aryl methyl sites for hydroxylation is 1. The minimum atomic E-state index is 0.735. The Labute approximate surface area is 123 Å². The van der Waals surface area contributed by atoms with Crippen LogP contribution in [0.5, 0.6) is 5.75 Å². The van der Waals surface area contributed by atoms with Crippen molar-refractivity contribution >= 4 is 22.6 Å². The Morgan fingerprint density at radius 3 is 2.80 bits per heavy atom. The Balaban J connectivity index is 1.99. The molecular weight excluding hydrogens is 276 g/mol. The number of hydrogen-bond acceptors (Lipinski definition) is 4. The molecule has 0 unspecified atom stereocenters. The lowest BCUT2D eigenvalue weighted by molar-refractivity contribution is 0.233. The van der Waals surface area contributed by atoms with Gasteiger partial charge in [-0.3, -0.25) is 4.90 Å². The lowest BCUT2D eigenvalue weighted by Crippen LogP contribution is -2.42. The van der Waals surface area contributed by atoms with E-state index in [1.807, 2.05) is 19.1 Å². The second-order valence-corrected chi connectivity index (χ2v) is 5.56. The molecule has 0 saturated carbocycles. The Bertz CT molecular complexity index is 618. The summed E-state index contributed by atoms with van der Waals surface area (Å²) in [6.07, 6.45) is 0. The number of halogens is 1. The van der Waals surface area contributed by atoms with E-state index in [0.29, 0.717) is 0 Å². The fourth-order valence-corrected chi connectivity index (χ4v) is 2.95. The van der Waals surface area contributed by atoms with E-state index >= 15 is 0 Å². The number of hydrogen-bond donors (Lipinski definition) is 1. The summed E-state index contributed by atoms with van der Waals surface area (Å²) >= 11 is 6.55. The van der Waals surface area contributed by atoms with Crippen molar-refractivity contribution in [3.63, 3.8) is 0 Å². The first-order valence-corrected chi connectivity index (χ1v) is 7.25. The van der Waals surface area contributed by atoms with Crippen LogP contribution >= 0.6 is 11.6 Å². The van der Waals surface area contributed by atoms with Crippen LogP contribution in [0.15, 0.2) is 16.5 Å². The summed E-state index contributed by atoms with van der Waals surface area (Å²) in [5, 5.41) is 5.07. The first-order valence-electron chi connectivity index (χ1n) is 6.87. The highest BCUT2D eigenvalue weighted by molar-refractivity contribution is 6.36. The summed E-state index contributed by atoms with van der Waals surface area (Å²) < 4.78 is 11.1. The van der Waals surface area contributed by atoms with Crippen molar-refractivity contribution in [2.24, 2.45) is 0 Å². The monoisotopic (exact) mass is 294 g/mol. The molecule has 1 saturated heterocycles.